The predicted molar refractivity (Wildman–Crippen MR) is 91.2 cm³/mol. The summed E-state index contributed by atoms with van der Waals surface area (Å²) in [7, 11) is 0. The van der Waals surface area contributed by atoms with Crippen LogP contribution in [0.1, 0.15) is 55.4 Å². The second kappa shape index (κ2) is 7.64. The van der Waals surface area contributed by atoms with E-state index < -0.39 is 0 Å². The lowest BCUT2D eigenvalue weighted by atomic mass is 10.1. The largest absolute Gasteiger partial charge is 0.293 e. The number of aromatic nitrogens is 1. The number of benzene rings is 1. The van der Waals surface area contributed by atoms with Crippen LogP contribution in [0.5, 0.6) is 0 Å². The number of Topliss-reactive ketones (excluding diaryl/α,β-unsaturated/α-hetero) is 1. The fraction of sp³-hybridized carbons (Fsp3) is 0.316. The molecule has 3 heteroatoms. The van der Waals surface area contributed by atoms with Gasteiger partial charge in [0.25, 0.3) is 0 Å². The van der Waals surface area contributed by atoms with Crippen LogP contribution in [0.4, 0.5) is 5.69 Å². The summed E-state index contributed by atoms with van der Waals surface area (Å²) in [5, 5.41) is 0. The highest BCUT2D eigenvalue weighted by Gasteiger charge is 2.06. The maximum atomic E-state index is 11.4. The Morgan fingerprint density at radius 3 is 2.50 bits per heavy atom. The van der Waals surface area contributed by atoms with Crippen LogP contribution >= 0.6 is 0 Å². The summed E-state index contributed by atoms with van der Waals surface area (Å²) in [6.45, 7) is 5.65. The lowest BCUT2D eigenvalue weighted by Gasteiger charge is -2.07. The molecule has 0 aliphatic rings. The Morgan fingerprint density at radius 1 is 1.05 bits per heavy atom. The zero-order valence-electron chi connectivity index (χ0n) is 13.5. The zero-order chi connectivity index (χ0) is 15.9. The first-order chi connectivity index (χ1) is 10.6. The molecule has 1 aromatic heterocycles. The van der Waals surface area contributed by atoms with Crippen molar-refractivity contribution >= 4 is 17.2 Å². The molecule has 3 nitrogen and oxygen atoms in total. The minimum Gasteiger partial charge on any atom is -0.293 e. The number of ketones is 1. The van der Waals surface area contributed by atoms with E-state index in [1.165, 1.54) is 18.9 Å². The van der Waals surface area contributed by atoms with Gasteiger partial charge in [-0.25, -0.2) is 4.98 Å². The van der Waals surface area contributed by atoms with Gasteiger partial charge < -0.3 is 0 Å². The normalized spacial score (nSPS) is 11.5. The second-order valence-corrected chi connectivity index (χ2v) is 5.39. The van der Waals surface area contributed by atoms with Crippen LogP contribution in [0.25, 0.3) is 0 Å². The van der Waals surface area contributed by atoms with E-state index in [0.29, 0.717) is 5.69 Å². The molecule has 0 aliphatic carbocycles. The van der Waals surface area contributed by atoms with Gasteiger partial charge in [-0.2, -0.15) is 0 Å². The first kappa shape index (κ1) is 16.1. The number of rotatable bonds is 6. The van der Waals surface area contributed by atoms with E-state index in [9.17, 15) is 4.79 Å². The van der Waals surface area contributed by atoms with Crippen molar-refractivity contribution < 1.29 is 4.79 Å². The number of aliphatic imine (C=N–C) groups is 1. The molecule has 0 amide bonds. The second-order valence-electron chi connectivity index (χ2n) is 5.39. The van der Waals surface area contributed by atoms with Crippen LogP contribution in [0.15, 0.2) is 47.5 Å². The Balaban J connectivity index is 2.32. The van der Waals surface area contributed by atoms with Gasteiger partial charge in [-0.05, 0) is 43.5 Å². The van der Waals surface area contributed by atoms with E-state index >= 15 is 0 Å². The quantitative estimate of drug-likeness (QED) is 0.569. The molecular formula is C19H22N2O. The molecule has 114 valence electrons. The van der Waals surface area contributed by atoms with Crippen molar-refractivity contribution in [3.05, 3.63) is 59.4 Å². The van der Waals surface area contributed by atoms with Gasteiger partial charge in [0, 0.05) is 6.92 Å². The fourth-order valence-corrected chi connectivity index (χ4v) is 2.27. The maximum absolute atomic E-state index is 11.4. The van der Waals surface area contributed by atoms with E-state index in [0.717, 1.165) is 29.9 Å². The standard InChI is InChI=1S/C19H22N2O/c1-4-5-9-16-10-6-7-11-19(16)20-14(2)17-12-8-13-18(21-17)15(3)22/h6-8,10-13H,4-5,9H2,1-3H3. The molecule has 22 heavy (non-hydrogen) atoms. The molecular weight excluding hydrogens is 272 g/mol. The van der Waals surface area contributed by atoms with Gasteiger partial charge >= 0.3 is 0 Å². The number of unbranched alkanes of at least 4 members (excludes halogenated alkanes) is 1. The fourth-order valence-electron chi connectivity index (χ4n) is 2.27. The van der Waals surface area contributed by atoms with Crippen molar-refractivity contribution in [3.8, 4) is 0 Å². The first-order valence-corrected chi connectivity index (χ1v) is 7.73. The van der Waals surface area contributed by atoms with E-state index in [-0.39, 0.29) is 5.78 Å². The highest BCUT2D eigenvalue weighted by molar-refractivity contribution is 6.00. The summed E-state index contributed by atoms with van der Waals surface area (Å²) in [6.07, 6.45) is 3.35. The van der Waals surface area contributed by atoms with Crippen molar-refractivity contribution in [2.45, 2.75) is 40.0 Å². The van der Waals surface area contributed by atoms with E-state index in [4.69, 9.17) is 4.99 Å². The molecule has 0 atom stereocenters. The number of hydrogen-bond donors (Lipinski definition) is 0. The topological polar surface area (TPSA) is 42.3 Å². The van der Waals surface area contributed by atoms with E-state index in [1.54, 1.807) is 6.07 Å². The highest BCUT2D eigenvalue weighted by atomic mass is 16.1. The summed E-state index contributed by atoms with van der Waals surface area (Å²) < 4.78 is 0. The molecule has 0 radical (unpaired) electrons. The molecule has 1 aromatic carbocycles. The van der Waals surface area contributed by atoms with Crippen molar-refractivity contribution in [2.24, 2.45) is 4.99 Å². The number of carbonyl (C=O) groups excluding carboxylic acids is 1. The third-order valence-electron chi connectivity index (χ3n) is 3.56. The molecule has 0 unspecified atom stereocenters. The van der Waals surface area contributed by atoms with Crippen LogP contribution in [-0.4, -0.2) is 16.5 Å². The van der Waals surface area contributed by atoms with Crippen LogP contribution in [0, 0.1) is 0 Å². The van der Waals surface area contributed by atoms with E-state index in [1.807, 2.05) is 37.3 Å². The maximum Gasteiger partial charge on any atom is 0.178 e. The Morgan fingerprint density at radius 2 is 1.77 bits per heavy atom. The number of nitrogens with zero attached hydrogens (tertiary/aromatic N) is 2. The summed E-state index contributed by atoms with van der Waals surface area (Å²) in [5.41, 5.74) is 4.30. The van der Waals surface area contributed by atoms with Crippen molar-refractivity contribution in [2.75, 3.05) is 0 Å². The number of pyridine rings is 1. The van der Waals surface area contributed by atoms with Crippen molar-refractivity contribution in [1.82, 2.24) is 4.98 Å². The summed E-state index contributed by atoms with van der Waals surface area (Å²) in [4.78, 5) is 20.6. The summed E-state index contributed by atoms with van der Waals surface area (Å²) >= 11 is 0. The Hall–Kier alpha value is -2.29. The monoisotopic (exact) mass is 294 g/mol. The number of carbonyl (C=O) groups is 1. The van der Waals surface area contributed by atoms with Crippen LogP contribution in [0.3, 0.4) is 0 Å². The molecule has 0 saturated carbocycles. The Labute approximate surface area is 132 Å². The smallest absolute Gasteiger partial charge is 0.178 e. The number of aryl methyl sites for hydroxylation is 1. The lowest BCUT2D eigenvalue weighted by molar-refractivity contribution is 0.101. The van der Waals surface area contributed by atoms with Gasteiger partial charge in [0.05, 0.1) is 17.1 Å². The summed E-state index contributed by atoms with van der Waals surface area (Å²) in [6, 6.07) is 13.7. The minimum atomic E-state index is -0.0296. The molecule has 0 spiro atoms. The Kier molecular flexibility index (Phi) is 5.59. The van der Waals surface area contributed by atoms with Crippen LogP contribution in [-0.2, 0) is 6.42 Å². The average Bonchev–Trinajstić information content (AvgIpc) is 2.54. The molecule has 2 rings (SSSR count). The van der Waals surface area contributed by atoms with Gasteiger partial charge in [0.2, 0.25) is 0 Å². The van der Waals surface area contributed by atoms with Gasteiger partial charge in [0.1, 0.15) is 5.69 Å². The van der Waals surface area contributed by atoms with Crippen LogP contribution in [0.2, 0.25) is 0 Å². The molecule has 0 fully saturated rings. The third-order valence-corrected chi connectivity index (χ3v) is 3.56. The zero-order valence-corrected chi connectivity index (χ0v) is 13.5. The predicted octanol–water partition coefficient (Wildman–Crippen LogP) is 4.77. The summed E-state index contributed by atoms with van der Waals surface area (Å²) in [5.74, 6) is -0.0296. The van der Waals surface area contributed by atoms with Gasteiger partial charge in [-0.3, -0.25) is 9.79 Å². The minimum absolute atomic E-state index is 0.0296. The molecule has 0 N–H and O–H groups in total. The van der Waals surface area contributed by atoms with Crippen LogP contribution < -0.4 is 0 Å². The molecule has 0 bridgehead atoms. The van der Waals surface area contributed by atoms with Crippen molar-refractivity contribution in [3.63, 3.8) is 0 Å². The molecule has 1 heterocycles. The van der Waals surface area contributed by atoms with E-state index in [2.05, 4.69) is 18.0 Å². The van der Waals surface area contributed by atoms with Crippen molar-refractivity contribution in [1.29, 1.82) is 0 Å². The molecule has 2 aromatic rings. The number of para-hydroxylation sites is 1. The first-order valence-electron chi connectivity index (χ1n) is 7.73. The number of hydrogen-bond acceptors (Lipinski definition) is 3. The lowest BCUT2D eigenvalue weighted by Crippen LogP contribution is -2.04. The highest BCUT2D eigenvalue weighted by Crippen LogP contribution is 2.21. The third kappa shape index (κ3) is 4.10. The van der Waals surface area contributed by atoms with Gasteiger partial charge in [-0.1, -0.05) is 37.6 Å². The Bertz CT molecular complexity index is 689. The molecule has 0 aliphatic heterocycles. The van der Waals surface area contributed by atoms with Gasteiger partial charge in [0.15, 0.2) is 5.78 Å². The molecule has 0 saturated heterocycles. The SMILES string of the molecule is CCCCc1ccccc1N=C(C)c1cccc(C(C)=O)n1. The van der Waals surface area contributed by atoms with Gasteiger partial charge in [-0.15, -0.1) is 0 Å². The average molecular weight is 294 g/mol.